The van der Waals surface area contributed by atoms with Crippen LogP contribution in [0.1, 0.15) is 52.7 Å². The van der Waals surface area contributed by atoms with E-state index in [1.807, 2.05) is 7.05 Å². The lowest BCUT2D eigenvalue weighted by molar-refractivity contribution is -0.254. The standard InChI is InChI=1S/C28H38N2O6/c1-17(2)20-9-7-18(3)21-14-24(35-25(31)10-8-19-15-30(5)16-29-19)27(4)11-12-28(33,36-27)23(13-22(20)21)26(32)34-6/h7-8,10-12,15-17,20-24,33H,9,13-14H2,1-6H3. The number of esters is 2. The highest BCUT2D eigenvalue weighted by Gasteiger charge is 2.57. The highest BCUT2D eigenvalue weighted by Crippen LogP contribution is 2.51. The summed E-state index contributed by atoms with van der Waals surface area (Å²) in [5.74, 6) is -2.92. The quantitative estimate of drug-likeness (QED) is 0.374. The van der Waals surface area contributed by atoms with Crippen LogP contribution in [0.25, 0.3) is 6.08 Å². The summed E-state index contributed by atoms with van der Waals surface area (Å²) in [4.78, 5) is 30.1. The molecule has 7 atom stereocenters. The molecule has 1 fully saturated rings. The summed E-state index contributed by atoms with van der Waals surface area (Å²) in [6.07, 6.45) is 13.1. The van der Waals surface area contributed by atoms with Crippen LogP contribution in [0.15, 0.2) is 42.4 Å². The van der Waals surface area contributed by atoms with E-state index >= 15 is 0 Å². The molecule has 1 aliphatic carbocycles. The summed E-state index contributed by atoms with van der Waals surface area (Å²) >= 11 is 0. The lowest BCUT2D eigenvalue weighted by Gasteiger charge is -2.42. The Hall–Kier alpha value is -2.71. The summed E-state index contributed by atoms with van der Waals surface area (Å²) in [7, 11) is 3.19. The number of rotatable bonds is 5. The molecule has 4 rings (SSSR count). The van der Waals surface area contributed by atoms with Crippen LogP contribution in [0.2, 0.25) is 0 Å². The number of methoxy groups -OCH3 is 1. The zero-order valence-electron chi connectivity index (χ0n) is 22.0. The van der Waals surface area contributed by atoms with Gasteiger partial charge in [0.25, 0.3) is 0 Å². The molecule has 7 unspecified atom stereocenters. The number of fused-ring (bicyclic) bond motifs is 3. The molecule has 0 radical (unpaired) electrons. The van der Waals surface area contributed by atoms with E-state index in [2.05, 4.69) is 31.8 Å². The topological polar surface area (TPSA) is 99.9 Å². The fourth-order valence-electron chi connectivity index (χ4n) is 6.15. The van der Waals surface area contributed by atoms with E-state index in [4.69, 9.17) is 14.2 Å². The second-order valence-electron chi connectivity index (χ2n) is 11.0. The van der Waals surface area contributed by atoms with E-state index in [0.29, 0.717) is 30.4 Å². The van der Waals surface area contributed by atoms with Crippen molar-refractivity contribution in [2.45, 2.75) is 64.4 Å². The van der Waals surface area contributed by atoms with Crippen LogP contribution >= 0.6 is 0 Å². The minimum Gasteiger partial charge on any atom is -0.469 e. The second kappa shape index (κ2) is 9.98. The average Bonchev–Trinajstić information content (AvgIpc) is 3.39. The Kier molecular flexibility index (Phi) is 7.30. The maximum atomic E-state index is 12.9. The number of carbonyl (C=O) groups is 2. The largest absolute Gasteiger partial charge is 0.469 e. The number of hydrogen-bond donors (Lipinski definition) is 1. The first-order chi connectivity index (χ1) is 17.0. The van der Waals surface area contributed by atoms with Crippen LogP contribution in [0.5, 0.6) is 0 Å². The van der Waals surface area contributed by atoms with Crippen LogP contribution in [0.4, 0.5) is 0 Å². The second-order valence-corrected chi connectivity index (χ2v) is 11.0. The van der Waals surface area contributed by atoms with Gasteiger partial charge in [-0.2, -0.15) is 0 Å². The molecule has 1 aromatic rings. The van der Waals surface area contributed by atoms with Crippen LogP contribution in [-0.4, -0.2) is 51.2 Å². The van der Waals surface area contributed by atoms with Crippen molar-refractivity contribution in [3.05, 3.63) is 48.1 Å². The lowest BCUT2D eigenvalue weighted by atomic mass is 9.63. The fraction of sp³-hybridized carbons (Fsp3) is 0.607. The van der Waals surface area contributed by atoms with Gasteiger partial charge < -0.3 is 23.9 Å². The molecule has 0 spiro atoms. The highest BCUT2D eigenvalue weighted by atomic mass is 16.7. The Morgan fingerprint density at radius 3 is 2.69 bits per heavy atom. The lowest BCUT2D eigenvalue weighted by Crippen LogP contribution is -2.49. The first-order valence-corrected chi connectivity index (χ1v) is 12.7. The molecule has 8 nitrogen and oxygen atoms in total. The molecule has 196 valence electrons. The predicted octanol–water partition coefficient (Wildman–Crippen LogP) is 3.82. The van der Waals surface area contributed by atoms with E-state index in [9.17, 15) is 14.7 Å². The van der Waals surface area contributed by atoms with Crippen molar-refractivity contribution in [2.75, 3.05) is 7.11 Å². The smallest absolute Gasteiger partial charge is 0.331 e. The minimum atomic E-state index is -1.85. The normalized spacial score (nSPS) is 36.1. The summed E-state index contributed by atoms with van der Waals surface area (Å²) < 4.78 is 19.1. The maximum Gasteiger partial charge on any atom is 0.331 e. The van der Waals surface area contributed by atoms with Crippen molar-refractivity contribution < 1.29 is 28.9 Å². The Morgan fingerprint density at radius 2 is 2.06 bits per heavy atom. The monoisotopic (exact) mass is 498 g/mol. The molecule has 3 heterocycles. The van der Waals surface area contributed by atoms with Crippen LogP contribution < -0.4 is 0 Å². The first-order valence-electron chi connectivity index (χ1n) is 12.7. The molecule has 1 N–H and O–H groups in total. The van der Waals surface area contributed by atoms with Gasteiger partial charge in [0.05, 0.1) is 19.1 Å². The van der Waals surface area contributed by atoms with Crippen LogP contribution in [0, 0.1) is 29.6 Å². The van der Waals surface area contributed by atoms with Crippen molar-refractivity contribution in [1.29, 1.82) is 0 Å². The number of ether oxygens (including phenoxy) is 3. The van der Waals surface area contributed by atoms with E-state index in [0.717, 1.165) is 6.42 Å². The molecule has 8 heteroatoms. The number of imidazole rings is 1. The van der Waals surface area contributed by atoms with Gasteiger partial charge in [-0.05, 0) is 75.0 Å². The summed E-state index contributed by atoms with van der Waals surface area (Å²) in [6, 6.07) is 0. The van der Waals surface area contributed by atoms with Gasteiger partial charge >= 0.3 is 11.9 Å². The van der Waals surface area contributed by atoms with Gasteiger partial charge in [0, 0.05) is 19.3 Å². The Labute approximate surface area is 213 Å². The number of aliphatic hydroxyl groups is 1. The maximum absolute atomic E-state index is 12.9. The molecule has 0 amide bonds. The zero-order chi connectivity index (χ0) is 26.3. The third kappa shape index (κ3) is 5.06. The molecular weight excluding hydrogens is 460 g/mol. The highest BCUT2D eigenvalue weighted by molar-refractivity contribution is 5.86. The minimum absolute atomic E-state index is 0.0626. The fourth-order valence-corrected chi connectivity index (χ4v) is 6.15. The molecule has 0 aromatic carbocycles. The van der Waals surface area contributed by atoms with Crippen molar-refractivity contribution in [2.24, 2.45) is 36.6 Å². The molecule has 2 bridgehead atoms. The molecule has 2 aliphatic heterocycles. The van der Waals surface area contributed by atoms with Crippen molar-refractivity contribution in [3.63, 3.8) is 0 Å². The molecule has 1 aromatic heterocycles. The molecule has 0 saturated carbocycles. The van der Waals surface area contributed by atoms with E-state index in [1.54, 1.807) is 36.2 Å². The van der Waals surface area contributed by atoms with Gasteiger partial charge in [0.1, 0.15) is 17.6 Å². The third-order valence-corrected chi connectivity index (χ3v) is 8.23. The Bertz CT molecular complexity index is 1090. The first kappa shape index (κ1) is 26.4. The summed E-state index contributed by atoms with van der Waals surface area (Å²) in [5, 5.41) is 11.6. The predicted molar refractivity (Wildman–Crippen MR) is 134 cm³/mol. The Balaban J connectivity index is 1.70. The van der Waals surface area contributed by atoms with Gasteiger partial charge in [0.15, 0.2) is 5.79 Å². The van der Waals surface area contributed by atoms with E-state index in [-0.39, 0.29) is 11.8 Å². The van der Waals surface area contributed by atoms with Crippen molar-refractivity contribution in [1.82, 2.24) is 9.55 Å². The van der Waals surface area contributed by atoms with Crippen LogP contribution in [-0.2, 0) is 30.8 Å². The van der Waals surface area contributed by atoms with Gasteiger partial charge in [-0.15, -0.1) is 0 Å². The van der Waals surface area contributed by atoms with Gasteiger partial charge in [-0.25, -0.2) is 9.78 Å². The summed E-state index contributed by atoms with van der Waals surface area (Å²) in [6.45, 7) is 8.27. The van der Waals surface area contributed by atoms with Gasteiger partial charge in [0.2, 0.25) is 0 Å². The third-order valence-electron chi connectivity index (χ3n) is 8.23. The number of aromatic nitrogens is 2. The van der Waals surface area contributed by atoms with Gasteiger partial charge in [-0.3, -0.25) is 4.79 Å². The SMILES string of the molecule is COC(=O)C1CC2C(CC(OC(=O)C=Cc3cn(C)cn3)C3(C)C=CC1(O)O3)C(C)=CCC2C(C)C. The zero-order valence-corrected chi connectivity index (χ0v) is 22.0. The molecular formula is C28H38N2O6. The average molecular weight is 499 g/mol. The molecule has 36 heavy (non-hydrogen) atoms. The summed E-state index contributed by atoms with van der Waals surface area (Å²) in [5.41, 5.74) is 0.742. The van der Waals surface area contributed by atoms with E-state index in [1.165, 1.54) is 24.8 Å². The number of hydrogen-bond acceptors (Lipinski definition) is 7. The van der Waals surface area contributed by atoms with Crippen LogP contribution in [0.3, 0.4) is 0 Å². The van der Waals surface area contributed by atoms with Crippen molar-refractivity contribution >= 4 is 18.0 Å². The van der Waals surface area contributed by atoms with E-state index < -0.39 is 35.3 Å². The molecule has 1 saturated heterocycles. The number of aryl methyl sites for hydroxylation is 1. The number of nitrogens with zero attached hydrogens (tertiary/aromatic N) is 2. The Morgan fingerprint density at radius 1 is 1.31 bits per heavy atom. The number of carbonyl (C=O) groups excluding carboxylic acids is 2. The van der Waals surface area contributed by atoms with Crippen molar-refractivity contribution in [3.8, 4) is 0 Å². The number of allylic oxidation sites excluding steroid dienone is 2. The van der Waals surface area contributed by atoms with Gasteiger partial charge in [-0.1, -0.05) is 25.5 Å². The molecule has 3 aliphatic rings.